The molecule has 1 aliphatic heterocycles. The maximum atomic E-state index is 13.0. The van der Waals surface area contributed by atoms with Gasteiger partial charge in [0.05, 0.1) is 0 Å². The van der Waals surface area contributed by atoms with E-state index in [1.165, 1.54) is 12.1 Å². The van der Waals surface area contributed by atoms with Gasteiger partial charge in [0, 0.05) is 6.07 Å². The van der Waals surface area contributed by atoms with Gasteiger partial charge in [0.2, 0.25) is 0 Å². The van der Waals surface area contributed by atoms with E-state index in [1.807, 2.05) is 24.3 Å². The molecule has 0 spiro atoms. The SMILES string of the molecule is Fc1ccc2c(c1)OC1=C(C=CCC=C1)O2. The van der Waals surface area contributed by atoms with Crippen molar-refractivity contribution in [2.75, 3.05) is 0 Å². The first-order valence-corrected chi connectivity index (χ1v) is 5.05. The van der Waals surface area contributed by atoms with Gasteiger partial charge in [-0.15, -0.1) is 0 Å². The predicted octanol–water partition coefficient (Wildman–Crippen LogP) is 3.32. The Hall–Kier alpha value is -2.03. The molecule has 2 aliphatic rings. The van der Waals surface area contributed by atoms with Crippen LogP contribution in [0.5, 0.6) is 11.5 Å². The molecule has 0 fully saturated rings. The van der Waals surface area contributed by atoms with Crippen LogP contribution in [0.25, 0.3) is 0 Å². The molecule has 1 heterocycles. The second kappa shape index (κ2) is 3.52. The fourth-order valence-electron chi connectivity index (χ4n) is 1.64. The number of rotatable bonds is 0. The quantitative estimate of drug-likeness (QED) is 0.662. The van der Waals surface area contributed by atoms with E-state index in [-0.39, 0.29) is 5.82 Å². The fourth-order valence-corrected chi connectivity index (χ4v) is 1.64. The summed E-state index contributed by atoms with van der Waals surface area (Å²) in [5, 5.41) is 0. The molecular weight excluding hydrogens is 207 g/mol. The standard InChI is InChI=1S/C13H9FO2/c14-9-6-7-12-13(8-9)16-11-5-3-1-2-4-10(11)15-12/h2-8H,1H2. The Morgan fingerprint density at radius 2 is 1.62 bits per heavy atom. The summed E-state index contributed by atoms with van der Waals surface area (Å²) in [7, 11) is 0. The molecule has 3 heteroatoms. The molecule has 0 radical (unpaired) electrons. The minimum Gasteiger partial charge on any atom is -0.450 e. The van der Waals surface area contributed by atoms with Crippen molar-refractivity contribution in [3.05, 3.63) is 59.8 Å². The average Bonchev–Trinajstić information content (AvgIpc) is 2.50. The third-order valence-corrected chi connectivity index (χ3v) is 2.40. The van der Waals surface area contributed by atoms with Gasteiger partial charge in [0.25, 0.3) is 0 Å². The zero-order valence-electron chi connectivity index (χ0n) is 8.44. The number of ether oxygens (including phenoxy) is 2. The summed E-state index contributed by atoms with van der Waals surface area (Å²) in [5.74, 6) is 1.90. The number of halogens is 1. The summed E-state index contributed by atoms with van der Waals surface area (Å²) < 4.78 is 24.2. The van der Waals surface area contributed by atoms with Crippen molar-refractivity contribution in [3.63, 3.8) is 0 Å². The van der Waals surface area contributed by atoms with Crippen LogP contribution in [-0.2, 0) is 0 Å². The Labute approximate surface area is 92.3 Å². The number of benzene rings is 1. The maximum Gasteiger partial charge on any atom is 0.173 e. The molecule has 80 valence electrons. The summed E-state index contributed by atoms with van der Waals surface area (Å²) in [4.78, 5) is 0. The minimum absolute atomic E-state index is 0.334. The van der Waals surface area contributed by atoms with E-state index in [1.54, 1.807) is 6.07 Å². The molecule has 16 heavy (non-hydrogen) atoms. The maximum absolute atomic E-state index is 13.0. The van der Waals surface area contributed by atoms with E-state index in [0.29, 0.717) is 23.0 Å². The highest BCUT2D eigenvalue weighted by atomic mass is 19.1. The third-order valence-electron chi connectivity index (χ3n) is 2.40. The fraction of sp³-hybridized carbons (Fsp3) is 0.0769. The molecule has 1 aromatic rings. The summed E-state index contributed by atoms with van der Waals surface area (Å²) in [6, 6.07) is 4.24. The van der Waals surface area contributed by atoms with E-state index in [0.717, 1.165) is 6.42 Å². The van der Waals surface area contributed by atoms with Crippen molar-refractivity contribution in [2.45, 2.75) is 6.42 Å². The molecule has 0 bridgehead atoms. The molecule has 0 aromatic heterocycles. The van der Waals surface area contributed by atoms with Crippen molar-refractivity contribution in [1.29, 1.82) is 0 Å². The monoisotopic (exact) mass is 216 g/mol. The first kappa shape index (κ1) is 9.21. The highest BCUT2D eigenvalue weighted by Gasteiger charge is 2.19. The van der Waals surface area contributed by atoms with Crippen molar-refractivity contribution < 1.29 is 13.9 Å². The minimum atomic E-state index is -0.334. The molecule has 2 nitrogen and oxygen atoms in total. The molecule has 0 amide bonds. The van der Waals surface area contributed by atoms with E-state index in [2.05, 4.69) is 0 Å². The Kier molecular flexibility index (Phi) is 2.03. The van der Waals surface area contributed by atoms with E-state index in [4.69, 9.17) is 9.47 Å². The lowest BCUT2D eigenvalue weighted by Gasteiger charge is -2.20. The van der Waals surface area contributed by atoms with Crippen molar-refractivity contribution in [1.82, 2.24) is 0 Å². The van der Waals surface area contributed by atoms with E-state index < -0.39 is 0 Å². The van der Waals surface area contributed by atoms with Gasteiger partial charge in [0.1, 0.15) is 5.82 Å². The molecule has 0 saturated heterocycles. The first-order valence-electron chi connectivity index (χ1n) is 5.05. The van der Waals surface area contributed by atoms with Gasteiger partial charge in [0.15, 0.2) is 23.0 Å². The van der Waals surface area contributed by atoms with Crippen LogP contribution in [0.15, 0.2) is 54.0 Å². The van der Waals surface area contributed by atoms with Crippen LogP contribution in [0.4, 0.5) is 4.39 Å². The molecule has 0 N–H and O–H groups in total. The summed E-state index contributed by atoms with van der Waals surface area (Å²) in [5.41, 5.74) is 0. The second-order valence-corrected chi connectivity index (χ2v) is 3.56. The zero-order chi connectivity index (χ0) is 11.0. The van der Waals surface area contributed by atoms with E-state index >= 15 is 0 Å². The van der Waals surface area contributed by atoms with Gasteiger partial charge in [-0.25, -0.2) is 4.39 Å². The molecule has 0 atom stereocenters. The zero-order valence-corrected chi connectivity index (χ0v) is 8.44. The predicted molar refractivity (Wildman–Crippen MR) is 57.6 cm³/mol. The smallest absolute Gasteiger partial charge is 0.173 e. The molecule has 0 saturated carbocycles. The number of fused-ring (bicyclic) bond motifs is 1. The van der Waals surface area contributed by atoms with Crippen molar-refractivity contribution in [2.24, 2.45) is 0 Å². The number of hydrogen-bond acceptors (Lipinski definition) is 2. The van der Waals surface area contributed by atoms with Crippen LogP contribution < -0.4 is 9.47 Å². The van der Waals surface area contributed by atoms with Gasteiger partial charge in [-0.2, -0.15) is 0 Å². The largest absolute Gasteiger partial charge is 0.450 e. The topological polar surface area (TPSA) is 18.5 Å². The van der Waals surface area contributed by atoms with Gasteiger partial charge in [-0.1, -0.05) is 12.2 Å². The van der Waals surface area contributed by atoms with Crippen LogP contribution >= 0.6 is 0 Å². The third kappa shape index (κ3) is 1.50. The second-order valence-electron chi connectivity index (χ2n) is 3.56. The summed E-state index contributed by atoms with van der Waals surface area (Å²) in [6.45, 7) is 0. The lowest BCUT2D eigenvalue weighted by atomic mass is 10.2. The Balaban J connectivity index is 2.05. The Morgan fingerprint density at radius 1 is 0.938 bits per heavy atom. The Bertz CT molecular complexity index is 527. The van der Waals surface area contributed by atoms with Gasteiger partial charge in [-0.05, 0) is 30.7 Å². The molecule has 1 aromatic carbocycles. The van der Waals surface area contributed by atoms with Gasteiger partial charge < -0.3 is 9.47 Å². The number of allylic oxidation sites excluding steroid dienone is 4. The molecule has 1 aliphatic carbocycles. The van der Waals surface area contributed by atoms with Crippen molar-refractivity contribution >= 4 is 0 Å². The highest BCUT2D eigenvalue weighted by molar-refractivity contribution is 5.48. The summed E-state index contributed by atoms with van der Waals surface area (Å²) in [6.07, 6.45) is 8.48. The van der Waals surface area contributed by atoms with Crippen LogP contribution in [0.2, 0.25) is 0 Å². The normalized spacial score (nSPS) is 17.1. The van der Waals surface area contributed by atoms with Crippen molar-refractivity contribution in [3.8, 4) is 11.5 Å². The van der Waals surface area contributed by atoms with E-state index in [9.17, 15) is 4.39 Å². The van der Waals surface area contributed by atoms with Crippen LogP contribution in [-0.4, -0.2) is 0 Å². The van der Waals surface area contributed by atoms with Gasteiger partial charge >= 0.3 is 0 Å². The lowest BCUT2D eigenvalue weighted by molar-refractivity contribution is 0.314. The number of hydrogen-bond donors (Lipinski definition) is 0. The van der Waals surface area contributed by atoms with Gasteiger partial charge in [-0.3, -0.25) is 0 Å². The molecule has 0 unspecified atom stereocenters. The molecule has 3 rings (SSSR count). The first-order chi connectivity index (χ1) is 7.83. The summed E-state index contributed by atoms with van der Waals surface area (Å²) >= 11 is 0. The van der Waals surface area contributed by atoms with Crippen LogP contribution in [0, 0.1) is 5.82 Å². The average molecular weight is 216 g/mol. The molecular formula is C13H9FO2. The van der Waals surface area contributed by atoms with Crippen LogP contribution in [0.3, 0.4) is 0 Å². The van der Waals surface area contributed by atoms with Crippen LogP contribution in [0.1, 0.15) is 6.42 Å². The highest BCUT2D eigenvalue weighted by Crippen LogP contribution is 2.36. The Morgan fingerprint density at radius 3 is 2.38 bits per heavy atom. The lowest BCUT2D eigenvalue weighted by Crippen LogP contribution is -2.09.